The standard InChI is InChI=1S/C14H27N3S/c1-5-18-8-6-7-17-13(4)16-11-14(17)10-15-9-12(2)3/h11-12,15H,5-10H2,1-4H3. The third-order valence-electron chi connectivity index (χ3n) is 2.87. The molecule has 1 N–H and O–H groups in total. The van der Waals surface area contributed by atoms with E-state index < -0.39 is 0 Å². The summed E-state index contributed by atoms with van der Waals surface area (Å²) >= 11 is 2.01. The van der Waals surface area contributed by atoms with E-state index in [1.807, 2.05) is 18.0 Å². The van der Waals surface area contributed by atoms with E-state index in [4.69, 9.17) is 0 Å². The number of hydrogen-bond donors (Lipinski definition) is 1. The van der Waals surface area contributed by atoms with Crippen LogP contribution in [-0.2, 0) is 13.1 Å². The van der Waals surface area contributed by atoms with Crippen molar-refractivity contribution in [3.8, 4) is 0 Å². The van der Waals surface area contributed by atoms with Crippen molar-refractivity contribution in [3.63, 3.8) is 0 Å². The van der Waals surface area contributed by atoms with Gasteiger partial charge >= 0.3 is 0 Å². The molecule has 1 aromatic heterocycles. The highest BCUT2D eigenvalue weighted by molar-refractivity contribution is 7.99. The number of nitrogens with zero attached hydrogens (tertiary/aromatic N) is 2. The van der Waals surface area contributed by atoms with Crippen molar-refractivity contribution in [1.82, 2.24) is 14.9 Å². The Kier molecular flexibility index (Phi) is 7.44. The van der Waals surface area contributed by atoms with E-state index in [2.05, 4.69) is 42.6 Å². The molecule has 0 unspecified atom stereocenters. The largest absolute Gasteiger partial charge is 0.331 e. The number of hydrogen-bond acceptors (Lipinski definition) is 3. The molecule has 4 heteroatoms. The van der Waals surface area contributed by atoms with Gasteiger partial charge in [0.25, 0.3) is 0 Å². The molecule has 0 aromatic carbocycles. The molecule has 1 rings (SSSR count). The Morgan fingerprint density at radius 2 is 2.22 bits per heavy atom. The van der Waals surface area contributed by atoms with Crippen molar-refractivity contribution in [1.29, 1.82) is 0 Å². The second kappa shape index (κ2) is 8.59. The van der Waals surface area contributed by atoms with Crippen LogP contribution in [0.5, 0.6) is 0 Å². The lowest BCUT2D eigenvalue weighted by molar-refractivity contribution is 0.530. The molecule has 0 saturated carbocycles. The van der Waals surface area contributed by atoms with Crippen molar-refractivity contribution in [3.05, 3.63) is 17.7 Å². The lowest BCUT2D eigenvalue weighted by atomic mass is 10.2. The molecule has 0 saturated heterocycles. The Morgan fingerprint density at radius 3 is 2.89 bits per heavy atom. The maximum absolute atomic E-state index is 4.43. The first-order valence-corrected chi connectivity index (χ1v) is 8.10. The second-order valence-electron chi connectivity index (χ2n) is 5.02. The van der Waals surface area contributed by atoms with Gasteiger partial charge in [-0.3, -0.25) is 0 Å². The molecule has 0 radical (unpaired) electrons. The van der Waals surface area contributed by atoms with Gasteiger partial charge in [-0.05, 0) is 37.3 Å². The molecule has 0 atom stereocenters. The molecule has 0 fully saturated rings. The topological polar surface area (TPSA) is 29.9 Å². The molecule has 1 aromatic rings. The van der Waals surface area contributed by atoms with E-state index in [1.165, 1.54) is 23.6 Å². The lowest BCUT2D eigenvalue weighted by Crippen LogP contribution is -2.21. The van der Waals surface area contributed by atoms with Crippen LogP contribution in [0.4, 0.5) is 0 Å². The van der Waals surface area contributed by atoms with Crippen molar-refractivity contribution >= 4 is 11.8 Å². The van der Waals surface area contributed by atoms with Crippen LogP contribution in [0.2, 0.25) is 0 Å². The van der Waals surface area contributed by atoms with Crippen LogP contribution in [0, 0.1) is 12.8 Å². The molecule has 3 nitrogen and oxygen atoms in total. The molecule has 0 spiro atoms. The Hall–Kier alpha value is -0.480. The van der Waals surface area contributed by atoms with Gasteiger partial charge in [-0.15, -0.1) is 0 Å². The predicted octanol–water partition coefficient (Wildman–Crippen LogP) is 3.08. The quantitative estimate of drug-likeness (QED) is 0.699. The molecule has 0 aliphatic carbocycles. The summed E-state index contributed by atoms with van der Waals surface area (Å²) in [4.78, 5) is 4.43. The summed E-state index contributed by atoms with van der Waals surface area (Å²) < 4.78 is 2.35. The van der Waals surface area contributed by atoms with Gasteiger partial charge in [-0.25, -0.2) is 4.98 Å². The van der Waals surface area contributed by atoms with Crippen molar-refractivity contribution in [2.24, 2.45) is 5.92 Å². The maximum atomic E-state index is 4.43. The van der Waals surface area contributed by atoms with Crippen LogP contribution in [0.1, 0.15) is 38.7 Å². The van der Waals surface area contributed by atoms with Crippen molar-refractivity contribution in [2.45, 2.75) is 47.2 Å². The predicted molar refractivity (Wildman–Crippen MR) is 81.1 cm³/mol. The minimum atomic E-state index is 0.698. The van der Waals surface area contributed by atoms with Crippen molar-refractivity contribution in [2.75, 3.05) is 18.1 Å². The Labute approximate surface area is 116 Å². The van der Waals surface area contributed by atoms with Gasteiger partial charge in [-0.1, -0.05) is 20.8 Å². The molecule has 18 heavy (non-hydrogen) atoms. The summed E-state index contributed by atoms with van der Waals surface area (Å²) in [6, 6.07) is 0. The van der Waals surface area contributed by atoms with Crippen LogP contribution in [0.15, 0.2) is 6.20 Å². The monoisotopic (exact) mass is 269 g/mol. The summed E-state index contributed by atoms with van der Waals surface area (Å²) in [6.07, 6.45) is 3.24. The Balaban J connectivity index is 2.42. The van der Waals surface area contributed by atoms with Gasteiger partial charge in [0.2, 0.25) is 0 Å². The van der Waals surface area contributed by atoms with Gasteiger partial charge in [0, 0.05) is 19.3 Å². The first-order chi connectivity index (χ1) is 8.65. The third kappa shape index (κ3) is 5.44. The highest BCUT2D eigenvalue weighted by Gasteiger charge is 2.06. The average molecular weight is 269 g/mol. The lowest BCUT2D eigenvalue weighted by Gasteiger charge is -2.12. The van der Waals surface area contributed by atoms with Gasteiger partial charge in [-0.2, -0.15) is 11.8 Å². The third-order valence-corrected chi connectivity index (χ3v) is 3.86. The second-order valence-corrected chi connectivity index (χ2v) is 6.42. The van der Waals surface area contributed by atoms with Crippen LogP contribution in [0.25, 0.3) is 0 Å². The molecular weight excluding hydrogens is 242 g/mol. The fraction of sp³-hybridized carbons (Fsp3) is 0.786. The van der Waals surface area contributed by atoms with E-state index in [9.17, 15) is 0 Å². The van der Waals surface area contributed by atoms with Crippen LogP contribution in [-0.4, -0.2) is 27.6 Å². The fourth-order valence-corrected chi connectivity index (χ4v) is 2.54. The highest BCUT2D eigenvalue weighted by atomic mass is 32.2. The van der Waals surface area contributed by atoms with Gasteiger partial charge < -0.3 is 9.88 Å². The zero-order valence-electron chi connectivity index (χ0n) is 12.2. The number of aryl methyl sites for hydroxylation is 1. The molecule has 104 valence electrons. The summed E-state index contributed by atoms with van der Waals surface area (Å²) in [5.74, 6) is 4.29. The van der Waals surface area contributed by atoms with Gasteiger partial charge in [0.15, 0.2) is 0 Å². The number of nitrogens with one attached hydrogen (secondary N) is 1. The molecule has 0 aliphatic heterocycles. The highest BCUT2D eigenvalue weighted by Crippen LogP contribution is 2.09. The zero-order valence-corrected chi connectivity index (χ0v) is 13.0. The molecule has 0 amide bonds. The smallest absolute Gasteiger partial charge is 0.105 e. The minimum Gasteiger partial charge on any atom is -0.331 e. The molecule has 1 heterocycles. The van der Waals surface area contributed by atoms with Crippen LogP contribution in [0.3, 0.4) is 0 Å². The van der Waals surface area contributed by atoms with E-state index in [0.717, 1.165) is 25.5 Å². The van der Waals surface area contributed by atoms with E-state index in [0.29, 0.717) is 5.92 Å². The van der Waals surface area contributed by atoms with Gasteiger partial charge in [0.1, 0.15) is 5.82 Å². The van der Waals surface area contributed by atoms with Crippen LogP contribution < -0.4 is 5.32 Å². The fourth-order valence-electron chi connectivity index (χ4n) is 1.92. The first kappa shape index (κ1) is 15.6. The summed E-state index contributed by atoms with van der Waals surface area (Å²) in [5, 5.41) is 3.49. The average Bonchev–Trinajstić information content (AvgIpc) is 2.66. The zero-order chi connectivity index (χ0) is 13.4. The van der Waals surface area contributed by atoms with Gasteiger partial charge in [0.05, 0.1) is 5.69 Å². The maximum Gasteiger partial charge on any atom is 0.105 e. The first-order valence-electron chi connectivity index (χ1n) is 6.94. The van der Waals surface area contributed by atoms with Crippen LogP contribution >= 0.6 is 11.8 Å². The Bertz CT molecular complexity index is 334. The molecule has 0 bridgehead atoms. The number of imidazole rings is 1. The molecule has 0 aliphatic rings. The number of thioether (sulfide) groups is 1. The number of aromatic nitrogens is 2. The molecular formula is C14H27N3S. The summed E-state index contributed by atoms with van der Waals surface area (Å²) in [7, 11) is 0. The normalized spacial score (nSPS) is 11.4. The summed E-state index contributed by atoms with van der Waals surface area (Å²) in [6.45, 7) is 11.9. The Morgan fingerprint density at radius 1 is 1.44 bits per heavy atom. The number of rotatable bonds is 9. The SMILES string of the molecule is CCSCCCn1c(CNCC(C)C)cnc1C. The van der Waals surface area contributed by atoms with Crippen molar-refractivity contribution < 1.29 is 0 Å². The minimum absolute atomic E-state index is 0.698. The van der Waals surface area contributed by atoms with E-state index in [1.54, 1.807) is 0 Å². The van der Waals surface area contributed by atoms with E-state index >= 15 is 0 Å². The summed E-state index contributed by atoms with van der Waals surface area (Å²) in [5.41, 5.74) is 1.31. The van der Waals surface area contributed by atoms with E-state index in [-0.39, 0.29) is 0 Å².